The van der Waals surface area contributed by atoms with Crippen molar-refractivity contribution >= 4 is 5.91 Å². The molecule has 104 valence electrons. The molecule has 0 aliphatic rings. The van der Waals surface area contributed by atoms with Gasteiger partial charge in [0.25, 0.3) is 5.91 Å². The zero-order valence-corrected chi connectivity index (χ0v) is 11.4. The van der Waals surface area contributed by atoms with Gasteiger partial charge in [-0.2, -0.15) is 0 Å². The Morgan fingerprint density at radius 3 is 2.55 bits per heavy atom. The van der Waals surface area contributed by atoms with Crippen LogP contribution in [-0.4, -0.2) is 5.91 Å². The van der Waals surface area contributed by atoms with E-state index in [0.717, 1.165) is 17.7 Å². The smallest absolute Gasteiger partial charge is 0.265 e. The Kier molecular flexibility index (Phi) is 4.74. The third-order valence-electron chi connectivity index (χ3n) is 3.06. The average Bonchev–Trinajstić information content (AvgIpc) is 2.53. The van der Waals surface area contributed by atoms with Crippen molar-refractivity contribution in [3.05, 3.63) is 65.2 Å². The molecule has 0 spiro atoms. The number of aryl methyl sites for hydroxylation is 1. The number of amides is 1. The van der Waals surface area contributed by atoms with Crippen molar-refractivity contribution in [1.82, 2.24) is 5.43 Å². The number of hydrogen-bond donors (Lipinski definition) is 2. The van der Waals surface area contributed by atoms with Gasteiger partial charge in [-0.15, -0.1) is 0 Å². The van der Waals surface area contributed by atoms with Crippen LogP contribution in [0.5, 0.6) is 5.75 Å². The van der Waals surface area contributed by atoms with Crippen molar-refractivity contribution in [2.75, 3.05) is 0 Å². The molecule has 0 saturated heterocycles. The Morgan fingerprint density at radius 2 is 1.90 bits per heavy atom. The van der Waals surface area contributed by atoms with Crippen LogP contribution < -0.4 is 16.0 Å². The summed E-state index contributed by atoms with van der Waals surface area (Å²) >= 11 is 0. The molecule has 0 unspecified atom stereocenters. The number of benzene rings is 2. The zero-order valence-electron chi connectivity index (χ0n) is 11.4. The molecule has 1 amide bonds. The van der Waals surface area contributed by atoms with Crippen LogP contribution in [0.1, 0.15) is 28.4 Å². The Labute approximate surface area is 118 Å². The van der Waals surface area contributed by atoms with Gasteiger partial charge < -0.3 is 4.74 Å². The van der Waals surface area contributed by atoms with E-state index >= 15 is 0 Å². The zero-order chi connectivity index (χ0) is 14.4. The van der Waals surface area contributed by atoms with Crippen molar-refractivity contribution in [2.45, 2.75) is 20.0 Å². The summed E-state index contributed by atoms with van der Waals surface area (Å²) in [4.78, 5) is 11.3. The highest BCUT2D eigenvalue weighted by Crippen LogP contribution is 2.15. The summed E-state index contributed by atoms with van der Waals surface area (Å²) in [6, 6.07) is 15.2. The molecular formula is C16H18N2O2. The van der Waals surface area contributed by atoms with E-state index in [-0.39, 0.29) is 5.91 Å². The van der Waals surface area contributed by atoms with Crippen LogP contribution >= 0.6 is 0 Å². The van der Waals surface area contributed by atoms with E-state index in [1.807, 2.05) is 30.3 Å². The topological polar surface area (TPSA) is 64.3 Å². The fourth-order valence-electron chi connectivity index (χ4n) is 1.86. The molecule has 4 nitrogen and oxygen atoms in total. The van der Waals surface area contributed by atoms with Crippen LogP contribution in [-0.2, 0) is 13.0 Å². The minimum atomic E-state index is -0.298. The highest BCUT2D eigenvalue weighted by molar-refractivity contribution is 5.93. The van der Waals surface area contributed by atoms with E-state index in [2.05, 4.69) is 18.4 Å². The number of carbonyl (C=O) groups is 1. The Hall–Kier alpha value is -2.33. The van der Waals surface area contributed by atoms with Gasteiger partial charge in [0.15, 0.2) is 0 Å². The van der Waals surface area contributed by atoms with Gasteiger partial charge in [0.1, 0.15) is 12.4 Å². The van der Waals surface area contributed by atoms with E-state index in [1.165, 1.54) is 5.56 Å². The second kappa shape index (κ2) is 6.73. The van der Waals surface area contributed by atoms with Crippen molar-refractivity contribution in [2.24, 2.45) is 5.84 Å². The van der Waals surface area contributed by atoms with Crippen molar-refractivity contribution in [1.29, 1.82) is 0 Å². The number of hydrogen-bond acceptors (Lipinski definition) is 3. The molecule has 0 aliphatic carbocycles. The van der Waals surface area contributed by atoms with Crippen LogP contribution in [0.15, 0.2) is 48.5 Å². The molecular weight excluding hydrogens is 252 g/mol. The van der Waals surface area contributed by atoms with Crippen molar-refractivity contribution < 1.29 is 9.53 Å². The fourth-order valence-corrected chi connectivity index (χ4v) is 1.86. The number of nitrogens with one attached hydrogen (secondary N) is 1. The monoisotopic (exact) mass is 270 g/mol. The van der Waals surface area contributed by atoms with Gasteiger partial charge in [-0.25, -0.2) is 5.84 Å². The van der Waals surface area contributed by atoms with E-state index in [4.69, 9.17) is 10.6 Å². The molecule has 20 heavy (non-hydrogen) atoms. The number of rotatable bonds is 5. The number of hydrazine groups is 1. The first-order valence-corrected chi connectivity index (χ1v) is 6.54. The second-order valence-electron chi connectivity index (χ2n) is 4.46. The van der Waals surface area contributed by atoms with E-state index in [0.29, 0.717) is 12.2 Å². The summed E-state index contributed by atoms with van der Waals surface area (Å²) in [6.45, 7) is 2.58. The molecule has 3 N–H and O–H groups in total. The maximum Gasteiger partial charge on any atom is 0.265 e. The summed E-state index contributed by atoms with van der Waals surface area (Å²) in [5.74, 6) is 5.64. The highest BCUT2D eigenvalue weighted by atomic mass is 16.5. The minimum absolute atomic E-state index is 0.298. The van der Waals surface area contributed by atoms with Gasteiger partial charge in [0.05, 0.1) is 0 Å². The summed E-state index contributed by atoms with van der Waals surface area (Å²) in [5, 5.41) is 0. The second-order valence-corrected chi connectivity index (χ2v) is 4.46. The fraction of sp³-hybridized carbons (Fsp3) is 0.188. The number of nitrogen functional groups attached to an aromatic ring is 1. The molecule has 0 aliphatic heterocycles. The van der Waals surface area contributed by atoms with Crippen LogP contribution in [0.3, 0.4) is 0 Å². The lowest BCUT2D eigenvalue weighted by Gasteiger charge is -2.08. The van der Waals surface area contributed by atoms with Crippen LogP contribution in [0.2, 0.25) is 0 Å². The third-order valence-corrected chi connectivity index (χ3v) is 3.06. The standard InChI is InChI=1S/C16H18N2O2/c1-2-12-4-3-5-15(10-12)20-11-13-6-8-14(9-7-13)16(19)18-17/h3-10H,2,11,17H2,1H3,(H,18,19). The van der Waals surface area contributed by atoms with Gasteiger partial charge in [0, 0.05) is 5.56 Å². The average molecular weight is 270 g/mol. The predicted molar refractivity (Wildman–Crippen MR) is 78.2 cm³/mol. The van der Waals surface area contributed by atoms with Crippen LogP contribution in [0, 0.1) is 0 Å². The maximum absolute atomic E-state index is 11.3. The molecule has 2 aromatic carbocycles. The summed E-state index contributed by atoms with van der Waals surface area (Å²) in [6.07, 6.45) is 0.986. The predicted octanol–water partition coefficient (Wildman–Crippen LogP) is 2.43. The van der Waals surface area contributed by atoms with Crippen LogP contribution in [0.4, 0.5) is 0 Å². The van der Waals surface area contributed by atoms with Gasteiger partial charge in [-0.05, 0) is 41.8 Å². The highest BCUT2D eigenvalue weighted by Gasteiger charge is 2.03. The van der Waals surface area contributed by atoms with Gasteiger partial charge in [0.2, 0.25) is 0 Å². The molecule has 2 rings (SSSR count). The molecule has 0 aromatic heterocycles. The Bertz CT molecular complexity index is 579. The number of carbonyl (C=O) groups excluding carboxylic acids is 1. The normalized spacial score (nSPS) is 10.1. The molecule has 0 atom stereocenters. The SMILES string of the molecule is CCc1cccc(OCc2ccc(C(=O)NN)cc2)c1. The number of nitrogens with two attached hydrogens (primary N) is 1. The maximum atomic E-state index is 11.3. The van der Waals surface area contributed by atoms with Crippen LogP contribution in [0.25, 0.3) is 0 Å². The lowest BCUT2D eigenvalue weighted by Crippen LogP contribution is -2.29. The Morgan fingerprint density at radius 1 is 1.15 bits per heavy atom. The van der Waals surface area contributed by atoms with Gasteiger partial charge in [-0.3, -0.25) is 10.2 Å². The van der Waals surface area contributed by atoms with Gasteiger partial charge in [-0.1, -0.05) is 31.2 Å². The van der Waals surface area contributed by atoms with Crippen molar-refractivity contribution in [3.8, 4) is 5.75 Å². The summed E-state index contributed by atoms with van der Waals surface area (Å²) in [7, 11) is 0. The minimum Gasteiger partial charge on any atom is -0.489 e. The number of ether oxygens (including phenoxy) is 1. The molecule has 4 heteroatoms. The summed E-state index contributed by atoms with van der Waals surface area (Å²) < 4.78 is 5.74. The molecule has 2 aromatic rings. The van der Waals surface area contributed by atoms with E-state index in [1.54, 1.807) is 12.1 Å². The van der Waals surface area contributed by atoms with Gasteiger partial charge >= 0.3 is 0 Å². The van der Waals surface area contributed by atoms with Crippen molar-refractivity contribution in [3.63, 3.8) is 0 Å². The van der Waals surface area contributed by atoms with E-state index < -0.39 is 0 Å². The lowest BCUT2D eigenvalue weighted by atomic mass is 10.1. The lowest BCUT2D eigenvalue weighted by molar-refractivity contribution is 0.0953. The first-order chi connectivity index (χ1) is 9.72. The molecule has 0 saturated carbocycles. The Balaban J connectivity index is 1.98. The molecule has 0 fully saturated rings. The largest absolute Gasteiger partial charge is 0.489 e. The first kappa shape index (κ1) is 14.1. The summed E-state index contributed by atoms with van der Waals surface area (Å²) in [5.41, 5.74) is 4.88. The first-order valence-electron chi connectivity index (χ1n) is 6.54. The molecule has 0 radical (unpaired) electrons. The quantitative estimate of drug-likeness (QED) is 0.498. The molecule has 0 heterocycles. The molecule has 0 bridgehead atoms. The van der Waals surface area contributed by atoms with E-state index in [9.17, 15) is 4.79 Å². The third kappa shape index (κ3) is 3.59.